The molecule has 0 aliphatic carbocycles. The van der Waals surface area contributed by atoms with Gasteiger partial charge >= 0.3 is 0 Å². The predicted octanol–water partition coefficient (Wildman–Crippen LogP) is 1.76. The van der Waals surface area contributed by atoms with E-state index < -0.39 is 0 Å². The van der Waals surface area contributed by atoms with Crippen molar-refractivity contribution in [3.05, 3.63) is 47.8 Å². The molecule has 6 nitrogen and oxygen atoms in total. The minimum Gasteiger partial charge on any atom is -0.497 e. The van der Waals surface area contributed by atoms with Gasteiger partial charge in [0.2, 0.25) is 0 Å². The Hall–Kier alpha value is -2.34. The zero-order chi connectivity index (χ0) is 16.2. The number of aromatic nitrogens is 2. The molecule has 23 heavy (non-hydrogen) atoms. The van der Waals surface area contributed by atoms with Crippen LogP contribution in [0.5, 0.6) is 5.75 Å². The number of aromatic amines is 1. The number of methoxy groups -OCH3 is 1. The van der Waals surface area contributed by atoms with Gasteiger partial charge in [0.15, 0.2) is 0 Å². The summed E-state index contributed by atoms with van der Waals surface area (Å²) in [6.07, 6.45) is 1.61. The molecule has 1 amide bonds. The number of carbonyl (C=O) groups is 1. The van der Waals surface area contributed by atoms with E-state index in [9.17, 15) is 4.79 Å². The fourth-order valence-electron chi connectivity index (χ4n) is 3.04. The van der Waals surface area contributed by atoms with E-state index in [0.29, 0.717) is 5.69 Å². The van der Waals surface area contributed by atoms with Crippen LogP contribution in [0.3, 0.4) is 0 Å². The highest BCUT2D eigenvalue weighted by atomic mass is 16.5. The maximum atomic E-state index is 12.4. The molecular formula is C17H22N4O2. The summed E-state index contributed by atoms with van der Waals surface area (Å²) < 4.78 is 5.27. The summed E-state index contributed by atoms with van der Waals surface area (Å²) in [5.74, 6) is 0.902. The Balaban J connectivity index is 1.61. The second-order valence-electron chi connectivity index (χ2n) is 5.90. The summed E-state index contributed by atoms with van der Waals surface area (Å²) in [6, 6.07) is 10.0. The molecular weight excluding hydrogens is 292 g/mol. The summed E-state index contributed by atoms with van der Waals surface area (Å²) in [4.78, 5) is 16.7. The Morgan fingerprint density at radius 1 is 1.39 bits per heavy atom. The lowest BCUT2D eigenvalue weighted by atomic mass is 10.1. The fraction of sp³-hybridized carbons (Fsp3) is 0.412. The molecule has 122 valence electrons. The molecule has 1 fully saturated rings. The Morgan fingerprint density at radius 3 is 2.96 bits per heavy atom. The summed E-state index contributed by atoms with van der Waals surface area (Å²) in [6.45, 7) is 5.40. The number of amides is 1. The van der Waals surface area contributed by atoms with E-state index in [4.69, 9.17) is 4.74 Å². The number of nitrogens with one attached hydrogen (secondary N) is 1. The molecule has 2 aromatic rings. The van der Waals surface area contributed by atoms with Crippen LogP contribution in [-0.2, 0) is 6.54 Å². The van der Waals surface area contributed by atoms with Crippen LogP contribution in [0.4, 0.5) is 0 Å². The minimum atomic E-state index is 0.0241. The van der Waals surface area contributed by atoms with Gasteiger partial charge < -0.3 is 9.64 Å². The van der Waals surface area contributed by atoms with Gasteiger partial charge in [-0.25, -0.2) is 0 Å². The highest BCUT2D eigenvalue weighted by molar-refractivity contribution is 5.92. The molecule has 1 aromatic carbocycles. The van der Waals surface area contributed by atoms with E-state index in [2.05, 4.69) is 34.2 Å². The zero-order valence-corrected chi connectivity index (χ0v) is 13.5. The molecule has 1 saturated heterocycles. The SMILES string of the molecule is COc1cccc(CN2CCN(C(=O)c3ccn[nH]3)[C@@H](C)C2)c1. The van der Waals surface area contributed by atoms with Crippen LogP contribution < -0.4 is 4.74 Å². The summed E-state index contributed by atoms with van der Waals surface area (Å²) in [5.41, 5.74) is 1.78. The molecule has 0 bridgehead atoms. The van der Waals surface area contributed by atoms with E-state index in [1.54, 1.807) is 19.4 Å². The van der Waals surface area contributed by atoms with Crippen molar-refractivity contribution in [2.24, 2.45) is 0 Å². The molecule has 1 aliphatic heterocycles. The molecule has 0 unspecified atom stereocenters. The van der Waals surface area contributed by atoms with E-state index in [1.165, 1.54) is 5.56 Å². The minimum absolute atomic E-state index is 0.0241. The predicted molar refractivity (Wildman–Crippen MR) is 87.4 cm³/mol. The molecule has 6 heteroatoms. The molecule has 1 aliphatic rings. The van der Waals surface area contributed by atoms with E-state index in [-0.39, 0.29) is 11.9 Å². The lowest BCUT2D eigenvalue weighted by Crippen LogP contribution is -2.53. The van der Waals surface area contributed by atoms with Crippen LogP contribution in [0.15, 0.2) is 36.5 Å². The Labute approximate surface area is 136 Å². The molecule has 0 spiro atoms. The number of ether oxygens (including phenoxy) is 1. The Kier molecular flexibility index (Phi) is 4.62. The Morgan fingerprint density at radius 2 is 2.26 bits per heavy atom. The first-order chi connectivity index (χ1) is 11.2. The first-order valence-corrected chi connectivity index (χ1v) is 7.83. The van der Waals surface area contributed by atoms with Crippen molar-refractivity contribution >= 4 is 5.91 Å². The van der Waals surface area contributed by atoms with Gasteiger partial charge in [0.05, 0.1) is 7.11 Å². The first-order valence-electron chi connectivity index (χ1n) is 7.83. The number of piperazine rings is 1. The van der Waals surface area contributed by atoms with Crippen LogP contribution in [0.1, 0.15) is 23.0 Å². The molecule has 1 atom stereocenters. The van der Waals surface area contributed by atoms with Gasteiger partial charge in [-0.15, -0.1) is 0 Å². The molecule has 1 aromatic heterocycles. The second-order valence-corrected chi connectivity index (χ2v) is 5.90. The highest BCUT2D eigenvalue weighted by Crippen LogP contribution is 2.18. The van der Waals surface area contributed by atoms with Gasteiger partial charge in [0.1, 0.15) is 11.4 Å². The molecule has 0 radical (unpaired) electrons. The third-order valence-electron chi connectivity index (χ3n) is 4.24. The number of carbonyl (C=O) groups excluding carboxylic acids is 1. The molecule has 2 heterocycles. The van der Waals surface area contributed by atoms with Crippen LogP contribution in [-0.4, -0.2) is 58.7 Å². The third kappa shape index (κ3) is 3.53. The normalized spacial score (nSPS) is 18.9. The molecule has 1 N–H and O–H groups in total. The van der Waals surface area contributed by atoms with Crippen molar-refractivity contribution < 1.29 is 9.53 Å². The number of rotatable bonds is 4. The number of nitrogens with zero attached hydrogens (tertiary/aromatic N) is 3. The van der Waals surface area contributed by atoms with Crippen molar-refractivity contribution in [1.29, 1.82) is 0 Å². The largest absolute Gasteiger partial charge is 0.497 e. The lowest BCUT2D eigenvalue weighted by Gasteiger charge is -2.39. The monoisotopic (exact) mass is 314 g/mol. The lowest BCUT2D eigenvalue weighted by molar-refractivity contribution is 0.0470. The van der Waals surface area contributed by atoms with Crippen molar-refractivity contribution in [2.75, 3.05) is 26.7 Å². The van der Waals surface area contributed by atoms with E-state index >= 15 is 0 Å². The average Bonchev–Trinajstić information content (AvgIpc) is 3.09. The van der Waals surface area contributed by atoms with Crippen LogP contribution >= 0.6 is 0 Å². The first kappa shape index (κ1) is 15.6. The van der Waals surface area contributed by atoms with Crippen LogP contribution in [0.2, 0.25) is 0 Å². The molecule has 3 rings (SSSR count). The maximum absolute atomic E-state index is 12.4. The quantitative estimate of drug-likeness (QED) is 0.934. The van der Waals surface area contributed by atoms with Crippen molar-refractivity contribution in [2.45, 2.75) is 19.5 Å². The summed E-state index contributed by atoms with van der Waals surface area (Å²) >= 11 is 0. The number of hydrogen-bond donors (Lipinski definition) is 1. The number of H-pyrrole nitrogens is 1. The fourth-order valence-corrected chi connectivity index (χ4v) is 3.04. The average molecular weight is 314 g/mol. The molecule has 0 saturated carbocycles. The standard InChI is InChI=1S/C17H22N4O2/c1-13-11-20(12-14-4-3-5-15(10-14)23-2)8-9-21(13)17(22)16-6-7-18-19-16/h3-7,10,13H,8-9,11-12H2,1-2H3,(H,18,19)/t13-/m0/s1. The van der Waals surface area contributed by atoms with Gasteiger partial charge in [-0.3, -0.25) is 14.8 Å². The third-order valence-corrected chi connectivity index (χ3v) is 4.24. The summed E-state index contributed by atoms with van der Waals surface area (Å²) in [5, 5.41) is 6.61. The van der Waals surface area contributed by atoms with Gasteiger partial charge in [0, 0.05) is 38.4 Å². The maximum Gasteiger partial charge on any atom is 0.272 e. The zero-order valence-electron chi connectivity index (χ0n) is 13.5. The smallest absolute Gasteiger partial charge is 0.272 e. The number of hydrogen-bond acceptors (Lipinski definition) is 4. The summed E-state index contributed by atoms with van der Waals surface area (Å²) in [7, 11) is 1.68. The van der Waals surface area contributed by atoms with E-state index in [1.807, 2.05) is 17.0 Å². The van der Waals surface area contributed by atoms with E-state index in [0.717, 1.165) is 31.9 Å². The van der Waals surface area contributed by atoms with Crippen molar-refractivity contribution in [3.63, 3.8) is 0 Å². The van der Waals surface area contributed by atoms with Crippen molar-refractivity contribution in [1.82, 2.24) is 20.0 Å². The number of benzene rings is 1. The van der Waals surface area contributed by atoms with Crippen LogP contribution in [0, 0.1) is 0 Å². The van der Waals surface area contributed by atoms with Gasteiger partial charge in [-0.05, 0) is 30.7 Å². The van der Waals surface area contributed by atoms with Crippen LogP contribution in [0.25, 0.3) is 0 Å². The van der Waals surface area contributed by atoms with Gasteiger partial charge in [0.25, 0.3) is 5.91 Å². The Bertz CT molecular complexity index is 656. The second kappa shape index (κ2) is 6.83. The van der Waals surface area contributed by atoms with Gasteiger partial charge in [-0.1, -0.05) is 12.1 Å². The highest BCUT2D eigenvalue weighted by Gasteiger charge is 2.28. The topological polar surface area (TPSA) is 61.5 Å². The van der Waals surface area contributed by atoms with Crippen molar-refractivity contribution in [3.8, 4) is 5.75 Å². The van der Waals surface area contributed by atoms with Gasteiger partial charge in [-0.2, -0.15) is 5.10 Å².